The molecule has 15 heteroatoms. The van der Waals surface area contributed by atoms with Crippen LogP contribution in [0.25, 0.3) is 0 Å². The maximum Gasteiger partial charge on any atom is 0.410 e. The first-order chi connectivity index (χ1) is 35.9. The van der Waals surface area contributed by atoms with Crippen LogP contribution in [-0.4, -0.2) is 123 Å². The molecule has 1 amide bonds. The predicted octanol–water partition coefficient (Wildman–Crippen LogP) is 12.8. The minimum absolute atomic E-state index is 0.0213. The number of unbranched alkanes of at least 4 members (excludes halogenated alkanes) is 20. The normalized spacial score (nSPS) is 14.4. The highest BCUT2D eigenvalue weighted by Gasteiger charge is 2.38. The van der Waals surface area contributed by atoms with Gasteiger partial charge in [0.05, 0.1) is 38.9 Å². The molecule has 1 heterocycles. The second kappa shape index (κ2) is 46.5. The van der Waals surface area contributed by atoms with Gasteiger partial charge in [-0.25, -0.2) is 4.79 Å². The highest BCUT2D eigenvalue weighted by Crippen LogP contribution is 2.29. The molecule has 0 aromatic carbocycles. The van der Waals surface area contributed by atoms with E-state index < -0.39 is 29.9 Å². The van der Waals surface area contributed by atoms with Gasteiger partial charge in [-0.3, -0.25) is 28.8 Å². The van der Waals surface area contributed by atoms with Crippen molar-refractivity contribution in [3.05, 3.63) is 0 Å². The van der Waals surface area contributed by atoms with E-state index in [1.54, 1.807) is 0 Å². The van der Waals surface area contributed by atoms with E-state index in [1.165, 1.54) is 30.6 Å². The van der Waals surface area contributed by atoms with Gasteiger partial charge in [-0.15, -0.1) is 0 Å². The van der Waals surface area contributed by atoms with Crippen LogP contribution >= 0.6 is 0 Å². The molecule has 1 aliphatic heterocycles. The number of carbonyl (C=O) groups is 7. The lowest BCUT2D eigenvalue weighted by atomic mass is 9.94. The van der Waals surface area contributed by atoms with Crippen LogP contribution in [0.3, 0.4) is 0 Å². The van der Waals surface area contributed by atoms with Crippen molar-refractivity contribution in [2.75, 3.05) is 65.8 Å². The van der Waals surface area contributed by atoms with Crippen molar-refractivity contribution in [3.8, 4) is 0 Å². The number of esters is 5. The van der Waals surface area contributed by atoms with Gasteiger partial charge in [0.15, 0.2) is 0 Å². The Morgan fingerprint density at radius 3 is 1.19 bits per heavy atom. The first kappa shape index (κ1) is 68.3. The molecule has 1 aliphatic rings. The van der Waals surface area contributed by atoms with Crippen molar-refractivity contribution < 1.29 is 62.0 Å². The number of nitrogens with zero attached hydrogens (tertiary/aromatic N) is 2. The quantitative estimate of drug-likeness (QED) is 0.0319. The molecule has 15 nitrogen and oxygen atoms in total. The number of ether oxygens (including phenoxy) is 6. The lowest BCUT2D eigenvalue weighted by Gasteiger charge is -2.25. The molecule has 0 bridgehead atoms. The summed E-state index contributed by atoms with van der Waals surface area (Å²) in [6.45, 7) is 14.8. The van der Waals surface area contributed by atoms with Gasteiger partial charge in [-0.2, -0.15) is 0 Å². The first-order valence-corrected chi connectivity index (χ1v) is 29.8. The Bertz CT molecular complexity index is 1430. The molecule has 2 atom stereocenters. The maximum absolute atomic E-state index is 13.8. The Labute approximate surface area is 448 Å². The average molecular weight is 1050 g/mol. The topological polar surface area (TPSA) is 181 Å². The van der Waals surface area contributed by atoms with E-state index in [9.17, 15) is 33.6 Å². The zero-order chi connectivity index (χ0) is 54.4. The van der Waals surface area contributed by atoms with Crippen molar-refractivity contribution in [3.63, 3.8) is 0 Å². The number of likely N-dealkylation sites (tertiary alicyclic amines) is 1. The van der Waals surface area contributed by atoms with Gasteiger partial charge in [-0.05, 0) is 51.1 Å². The maximum atomic E-state index is 13.8. The Balaban J connectivity index is 3.07. The fourth-order valence-corrected chi connectivity index (χ4v) is 9.30. The summed E-state index contributed by atoms with van der Waals surface area (Å²) in [4.78, 5) is 95.7. The number of hydrogen-bond donors (Lipinski definition) is 0. The number of Topliss-reactive ketones (excluding diaryl/α,β-unsaturated/α-hetero) is 1. The molecule has 0 aromatic rings. The summed E-state index contributed by atoms with van der Waals surface area (Å²) in [5.74, 6) is -3.54. The largest absolute Gasteiger partial charge is 0.465 e. The number of amides is 1. The third-order valence-corrected chi connectivity index (χ3v) is 14.0. The van der Waals surface area contributed by atoms with Crippen molar-refractivity contribution in [2.45, 2.75) is 253 Å². The summed E-state index contributed by atoms with van der Waals surface area (Å²) in [6.07, 6.45) is 25.6. The second-order valence-corrected chi connectivity index (χ2v) is 20.9. The van der Waals surface area contributed by atoms with Crippen LogP contribution in [0.5, 0.6) is 0 Å². The SMILES string of the molecule is CCCCCCCCC(=O)OCC(COC(=O)CCCCCCCC)CC(=O)C[C@H]1C[C@H](COC(=O)CC(COC(=O)CCCCCCCC)COC(=O)CCCCCCCC)N(C(=O)OCCN(CC)CC)C1. The molecule has 0 saturated carbocycles. The van der Waals surface area contributed by atoms with Gasteiger partial charge < -0.3 is 38.2 Å². The summed E-state index contributed by atoms with van der Waals surface area (Å²) in [7, 11) is 0. The van der Waals surface area contributed by atoms with Gasteiger partial charge in [0.1, 0.15) is 19.0 Å². The van der Waals surface area contributed by atoms with Crippen LogP contribution in [0, 0.1) is 17.8 Å². The Hall–Kier alpha value is -3.75. The lowest BCUT2D eigenvalue weighted by molar-refractivity contribution is -0.155. The van der Waals surface area contributed by atoms with Crippen LogP contribution in [0.1, 0.15) is 247 Å². The van der Waals surface area contributed by atoms with E-state index >= 15 is 0 Å². The van der Waals surface area contributed by atoms with Crippen molar-refractivity contribution in [2.24, 2.45) is 17.8 Å². The Morgan fingerprint density at radius 1 is 0.446 bits per heavy atom. The predicted molar refractivity (Wildman–Crippen MR) is 290 cm³/mol. The molecule has 74 heavy (non-hydrogen) atoms. The molecule has 0 unspecified atom stereocenters. The summed E-state index contributed by atoms with van der Waals surface area (Å²) in [5.41, 5.74) is 0. The fraction of sp³-hybridized carbons (Fsp3) is 0.881. The van der Waals surface area contributed by atoms with Crippen LogP contribution in [0.2, 0.25) is 0 Å². The molecule has 430 valence electrons. The Morgan fingerprint density at radius 2 is 0.811 bits per heavy atom. The smallest absolute Gasteiger partial charge is 0.410 e. The summed E-state index contributed by atoms with van der Waals surface area (Å²) in [5, 5.41) is 0. The van der Waals surface area contributed by atoms with E-state index in [0.29, 0.717) is 25.8 Å². The highest BCUT2D eigenvalue weighted by atomic mass is 16.6. The number of carbonyl (C=O) groups excluding carboxylic acids is 7. The Kier molecular flexibility index (Phi) is 42.9. The summed E-state index contributed by atoms with van der Waals surface area (Å²) >= 11 is 0. The molecule has 1 saturated heterocycles. The molecule has 0 aliphatic carbocycles. The molecular formula is C59H106N2O13. The van der Waals surface area contributed by atoms with E-state index in [1.807, 2.05) is 13.8 Å². The van der Waals surface area contributed by atoms with Gasteiger partial charge in [0.2, 0.25) is 0 Å². The molecule has 0 spiro atoms. The van der Waals surface area contributed by atoms with Crippen LogP contribution in [-0.2, 0) is 57.2 Å². The van der Waals surface area contributed by atoms with Gasteiger partial charge in [-0.1, -0.05) is 170 Å². The fourth-order valence-electron chi connectivity index (χ4n) is 9.30. The van der Waals surface area contributed by atoms with E-state index in [2.05, 4.69) is 32.6 Å². The monoisotopic (exact) mass is 1050 g/mol. The van der Waals surface area contributed by atoms with Crippen LogP contribution in [0.15, 0.2) is 0 Å². The number of ketones is 1. The number of hydrogen-bond acceptors (Lipinski definition) is 14. The third-order valence-electron chi connectivity index (χ3n) is 14.0. The molecular weight excluding hydrogens is 945 g/mol. The number of rotatable bonds is 49. The highest BCUT2D eigenvalue weighted by molar-refractivity contribution is 5.79. The molecule has 1 rings (SSSR count). The van der Waals surface area contributed by atoms with Crippen LogP contribution < -0.4 is 0 Å². The van der Waals surface area contributed by atoms with Crippen molar-refractivity contribution in [1.29, 1.82) is 0 Å². The van der Waals surface area contributed by atoms with Crippen LogP contribution in [0.4, 0.5) is 4.79 Å². The molecule has 0 N–H and O–H groups in total. The molecule has 1 fully saturated rings. The average Bonchev–Trinajstić information content (AvgIpc) is 3.80. The first-order valence-electron chi connectivity index (χ1n) is 29.8. The minimum Gasteiger partial charge on any atom is -0.465 e. The summed E-state index contributed by atoms with van der Waals surface area (Å²) in [6, 6.07) is -0.580. The molecule has 0 radical (unpaired) electrons. The van der Waals surface area contributed by atoms with E-state index in [4.69, 9.17) is 28.4 Å². The summed E-state index contributed by atoms with van der Waals surface area (Å²) < 4.78 is 34.1. The van der Waals surface area contributed by atoms with E-state index in [-0.39, 0.29) is 114 Å². The van der Waals surface area contributed by atoms with Gasteiger partial charge in [0.25, 0.3) is 0 Å². The zero-order valence-electron chi connectivity index (χ0n) is 47.7. The van der Waals surface area contributed by atoms with Crippen molar-refractivity contribution >= 4 is 41.7 Å². The molecule has 0 aromatic heterocycles. The minimum atomic E-state index is -0.628. The lowest BCUT2D eigenvalue weighted by Crippen LogP contribution is -2.40. The zero-order valence-corrected chi connectivity index (χ0v) is 47.7. The third kappa shape index (κ3) is 37.1. The van der Waals surface area contributed by atoms with E-state index in [0.717, 1.165) is 142 Å². The van der Waals surface area contributed by atoms with Crippen molar-refractivity contribution in [1.82, 2.24) is 9.80 Å². The standard InChI is InChI=1S/C59H106N2O13/c1-7-13-17-21-25-29-33-54(63)70-44-50(45-71-55(64)34-30-26-22-18-14-8-2)41-53(62)40-49-39-52(61(43-49)59(68)69-38-37-60(11-5)12-6)48-74-58(67)42-51(46-72-56(65)35-31-27-23-19-15-9-3)47-73-57(66)36-32-28-24-20-16-10-4/h49-52H,7-48H2,1-6H3/t49-,52-/m1/s1. The van der Waals surface area contributed by atoms with Gasteiger partial charge in [0, 0.05) is 63.5 Å². The number of likely N-dealkylation sites (N-methyl/N-ethyl adjacent to an activating group) is 1. The second-order valence-electron chi connectivity index (χ2n) is 20.9. The van der Waals surface area contributed by atoms with Gasteiger partial charge >= 0.3 is 35.9 Å².